The van der Waals surface area contributed by atoms with Gasteiger partial charge in [0.05, 0.1) is 13.2 Å². The normalized spacial score (nSPS) is 12.3. The van der Waals surface area contributed by atoms with Gasteiger partial charge in [0, 0.05) is 24.7 Å². The Morgan fingerprint density at radius 1 is 1.50 bits per heavy atom. The van der Waals surface area contributed by atoms with Crippen molar-refractivity contribution in [1.82, 2.24) is 4.90 Å². The summed E-state index contributed by atoms with van der Waals surface area (Å²) in [5.41, 5.74) is 7.51. The third-order valence-electron chi connectivity index (χ3n) is 2.76. The van der Waals surface area contributed by atoms with E-state index in [0.717, 1.165) is 17.0 Å². The summed E-state index contributed by atoms with van der Waals surface area (Å²) in [4.78, 5) is 13.1. The van der Waals surface area contributed by atoms with Crippen molar-refractivity contribution in [1.29, 1.82) is 0 Å². The number of nitrogens with one attached hydrogen (secondary N) is 1. The molecule has 1 atom stereocenters. The number of anilines is 1. The van der Waals surface area contributed by atoms with E-state index >= 15 is 0 Å². The quantitative estimate of drug-likeness (QED) is 0.825. The summed E-state index contributed by atoms with van der Waals surface area (Å²) in [7, 11) is 5.55. The van der Waals surface area contributed by atoms with Crippen LogP contribution >= 0.6 is 0 Å². The number of amides is 1. The third-order valence-corrected chi connectivity index (χ3v) is 2.76. The van der Waals surface area contributed by atoms with Crippen LogP contribution in [0, 0.1) is 0 Å². The molecule has 0 radical (unpaired) electrons. The fourth-order valence-corrected chi connectivity index (χ4v) is 1.89. The summed E-state index contributed by atoms with van der Waals surface area (Å²) in [6.45, 7) is 1.96. The Morgan fingerprint density at radius 2 is 2.17 bits per heavy atom. The van der Waals surface area contributed by atoms with Gasteiger partial charge in [0.2, 0.25) is 5.91 Å². The van der Waals surface area contributed by atoms with Gasteiger partial charge in [0.15, 0.2) is 0 Å². The highest BCUT2D eigenvalue weighted by Crippen LogP contribution is 2.30. The van der Waals surface area contributed by atoms with E-state index in [1.807, 2.05) is 37.2 Å². The Bertz CT molecular complexity index is 419. The Kier molecular flexibility index (Phi) is 5.12. The first-order valence-electron chi connectivity index (χ1n) is 5.81. The topological polar surface area (TPSA) is 67.6 Å². The molecule has 0 heterocycles. The van der Waals surface area contributed by atoms with Gasteiger partial charge in [-0.15, -0.1) is 0 Å². The first-order valence-corrected chi connectivity index (χ1v) is 5.81. The average molecular weight is 251 g/mol. The molecule has 1 aromatic rings. The predicted octanol–water partition coefficient (Wildman–Crippen LogP) is 1.22. The number of nitrogens with two attached hydrogens (primary N) is 1. The van der Waals surface area contributed by atoms with Crippen LogP contribution in [0.1, 0.15) is 18.5 Å². The molecule has 3 N–H and O–H groups in total. The van der Waals surface area contributed by atoms with Gasteiger partial charge < -0.3 is 20.7 Å². The second-order valence-electron chi connectivity index (χ2n) is 4.35. The Hall–Kier alpha value is -1.59. The number of likely N-dealkylation sites (N-methyl/N-ethyl adjacent to an activating group) is 1. The molecule has 5 nitrogen and oxygen atoms in total. The van der Waals surface area contributed by atoms with Crippen molar-refractivity contribution in [3.63, 3.8) is 0 Å². The van der Waals surface area contributed by atoms with Gasteiger partial charge in [0.25, 0.3) is 0 Å². The van der Waals surface area contributed by atoms with Gasteiger partial charge in [-0.05, 0) is 32.3 Å². The van der Waals surface area contributed by atoms with Gasteiger partial charge in [-0.3, -0.25) is 4.79 Å². The fraction of sp³-hybridized carbons (Fsp3) is 0.462. The van der Waals surface area contributed by atoms with Crippen LogP contribution in [0.4, 0.5) is 5.69 Å². The molecule has 0 aliphatic carbocycles. The largest absolute Gasteiger partial charge is 0.496 e. The van der Waals surface area contributed by atoms with Crippen LogP contribution in [0.2, 0.25) is 0 Å². The van der Waals surface area contributed by atoms with Crippen LogP contribution in [0.5, 0.6) is 5.75 Å². The van der Waals surface area contributed by atoms with E-state index in [2.05, 4.69) is 5.32 Å². The molecule has 5 heteroatoms. The molecule has 0 aliphatic heterocycles. The molecule has 100 valence electrons. The molecule has 0 saturated heterocycles. The summed E-state index contributed by atoms with van der Waals surface area (Å²) in [6.07, 6.45) is 0. The third kappa shape index (κ3) is 3.45. The lowest BCUT2D eigenvalue weighted by Crippen LogP contribution is -2.27. The van der Waals surface area contributed by atoms with Gasteiger partial charge in [-0.25, -0.2) is 0 Å². The molecule has 0 saturated carbocycles. The molecular formula is C13H21N3O2. The number of benzene rings is 1. The van der Waals surface area contributed by atoms with Crippen molar-refractivity contribution in [3.05, 3.63) is 23.8 Å². The number of nitrogens with zero attached hydrogens (tertiary/aromatic N) is 1. The zero-order valence-electron chi connectivity index (χ0n) is 11.4. The van der Waals surface area contributed by atoms with Crippen LogP contribution in [0.25, 0.3) is 0 Å². The van der Waals surface area contributed by atoms with E-state index in [1.165, 1.54) is 6.92 Å². The smallest absolute Gasteiger partial charge is 0.221 e. The van der Waals surface area contributed by atoms with E-state index < -0.39 is 0 Å². The number of rotatable bonds is 5. The first-order chi connectivity index (χ1) is 8.49. The van der Waals surface area contributed by atoms with Crippen molar-refractivity contribution >= 4 is 11.6 Å². The molecule has 1 aromatic carbocycles. The zero-order valence-corrected chi connectivity index (χ0v) is 11.4. The Labute approximate surface area is 108 Å². The molecule has 0 bridgehead atoms. The monoisotopic (exact) mass is 251 g/mol. The van der Waals surface area contributed by atoms with Crippen molar-refractivity contribution in [2.24, 2.45) is 5.73 Å². The van der Waals surface area contributed by atoms with E-state index in [-0.39, 0.29) is 11.9 Å². The highest BCUT2D eigenvalue weighted by atomic mass is 16.5. The molecule has 0 fully saturated rings. The summed E-state index contributed by atoms with van der Waals surface area (Å²) >= 11 is 0. The molecule has 0 aliphatic rings. The summed E-state index contributed by atoms with van der Waals surface area (Å²) in [5.74, 6) is 0.675. The van der Waals surface area contributed by atoms with Crippen LogP contribution in [-0.4, -0.2) is 38.6 Å². The SMILES string of the molecule is COc1ccc(NC(C)=O)cc1C(CN)N(C)C. The number of ether oxygens (including phenoxy) is 1. The summed E-state index contributed by atoms with van der Waals surface area (Å²) < 4.78 is 5.34. The second-order valence-corrected chi connectivity index (χ2v) is 4.35. The van der Waals surface area contributed by atoms with Crippen LogP contribution in [0.3, 0.4) is 0 Å². The second kappa shape index (κ2) is 6.37. The van der Waals surface area contributed by atoms with E-state index in [4.69, 9.17) is 10.5 Å². The maximum absolute atomic E-state index is 11.1. The molecule has 18 heavy (non-hydrogen) atoms. The number of methoxy groups -OCH3 is 1. The maximum atomic E-state index is 11.1. The lowest BCUT2D eigenvalue weighted by atomic mass is 10.0. The molecule has 0 aromatic heterocycles. The van der Waals surface area contributed by atoms with Crippen molar-refractivity contribution in [2.45, 2.75) is 13.0 Å². The number of carbonyl (C=O) groups is 1. The molecule has 1 unspecified atom stereocenters. The zero-order chi connectivity index (χ0) is 13.7. The molecule has 0 spiro atoms. The van der Waals surface area contributed by atoms with Gasteiger partial charge in [-0.1, -0.05) is 0 Å². The molecular weight excluding hydrogens is 230 g/mol. The van der Waals surface area contributed by atoms with Crippen molar-refractivity contribution in [2.75, 3.05) is 33.1 Å². The molecule has 1 rings (SSSR count). The Morgan fingerprint density at radius 3 is 2.61 bits per heavy atom. The standard InChI is InChI=1S/C13H21N3O2/c1-9(17)15-10-5-6-13(18-4)11(7-10)12(8-14)16(2)3/h5-7,12H,8,14H2,1-4H3,(H,15,17). The summed E-state index contributed by atoms with van der Waals surface area (Å²) in [6, 6.07) is 5.60. The van der Waals surface area contributed by atoms with Crippen LogP contribution in [0.15, 0.2) is 18.2 Å². The highest BCUT2D eigenvalue weighted by Gasteiger charge is 2.17. The van der Waals surface area contributed by atoms with Crippen LogP contribution < -0.4 is 15.8 Å². The van der Waals surface area contributed by atoms with Gasteiger partial charge in [-0.2, -0.15) is 0 Å². The average Bonchev–Trinajstić information content (AvgIpc) is 2.29. The lowest BCUT2D eigenvalue weighted by Gasteiger charge is -2.25. The van der Waals surface area contributed by atoms with E-state index in [9.17, 15) is 4.79 Å². The Balaban J connectivity index is 3.16. The number of hydrogen-bond acceptors (Lipinski definition) is 4. The fourth-order valence-electron chi connectivity index (χ4n) is 1.89. The minimum absolute atomic E-state index is 0.0497. The first kappa shape index (κ1) is 14.5. The predicted molar refractivity (Wildman–Crippen MR) is 72.8 cm³/mol. The molecule has 1 amide bonds. The minimum atomic E-state index is -0.0970. The van der Waals surface area contributed by atoms with Gasteiger partial charge in [0.1, 0.15) is 5.75 Å². The lowest BCUT2D eigenvalue weighted by molar-refractivity contribution is -0.114. The summed E-state index contributed by atoms with van der Waals surface area (Å²) in [5, 5.41) is 2.76. The van der Waals surface area contributed by atoms with Crippen molar-refractivity contribution in [3.8, 4) is 5.75 Å². The number of hydrogen-bond donors (Lipinski definition) is 2. The van der Waals surface area contributed by atoms with Crippen LogP contribution in [-0.2, 0) is 4.79 Å². The minimum Gasteiger partial charge on any atom is -0.496 e. The maximum Gasteiger partial charge on any atom is 0.221 e. The van der Waals surface area contributed by atoms with Gasteiger partial charge >= 0.3 is 0 Å². The number of carbonyl (C=O) groups excluding carboxylic acids is 1. The van der Waals surface area contributed by atoms with E-state index in [1.54, 1.807) is 7.11 Å². The van der Waals surface area contributed by atoms with Crippen molar-refractivity contribution < 1.29 is 9.53 Å². The highest BCUT2D eigenvalue weighted by molar-refractivity contribution is 5.88. The van der Waals surface area contributed by atoms with E-state index in [0.29, 0.717) is 6.54 Å².